The Kier molecular flexibility index (Phi) is 5.26. The summed E-state index contributed by atoms with van der Waals surface area (Å²) in [6.07, 6.45) is 0.985. The smallest absolute Gasteiger partial charge is 0.227 e. The highest BCUT2D eigenvalue weighted by Gasteiger charge is 2.13. The van der Waals surface area contributed by atoms with Crippen molar-refractivity contribution in [3.05, 3.63) is 65.5 Å². The van der Waals surface area contributed by atoms with Gasteiger partial charge in [-0.25, -0.2) is 4.39 Å². The van der Waals surface area contributed by atoms with Crippen molar-refractivity contribution in [3.63, 3.8) is 0 Å². The largest absolute Gasteiger partial charge is 0.313 e. The molecule has 112 valence electrons. The molecule has 0 unspecified atom stereocenters. The van der Waals surface area contributed by atoms with Crippen LogP contribution in [-0.4, -0.2) is 12.5 Å². The number of nitrogens with zero attached hydrogens (tertiary/aromatic N) is 2. The van der Waals surface area contributed by atoms with Gasteiger partial charge in [0.05, 0.1) is 11.6 Å². The molecule has 2 aromatic rings. The van der Waals surface area contributed by atoms with Gasteiger partial charge < -0.3 is 4.90 Å². The van der Waals surface area contributed by atoms with E-state index < -0.39 is 0 Å². The van der Waals surface area contributed by atoms with Gasteiger partial charge >= 0.3 is 0 Å². The lowest BCUT2D eigenvalue weighted by Gasteiger charge is -2.21. The second-order valence-electron chi connectivity index (χ2n) is 4.92. The number of nitriles is 1. The van der Waals surface area contributed by atoms with Crippen molar-refractivity contribution in [1.82, 2.24) is 0 Å². The predicted octanol–water partition coefficient (Wildman–Crippen LogP) is 3.68. The van der Waals surface area contributed by atoms with Crippen molar-refractivity contribution in [2.24, 2.45) is 0 Å². The van der Waals surface area contributed by atoms with Gasteiger partial charge in [-0.15, -0.1) is 0 Å². The van der Waals surface area contributed by atoms with Gasteiger partial charge in [0, 0.05) is 18.7 Å². The number of aryl methyl sites for hydroxylation is 1. The molecule has 0 saturated heterocycles. The van der Waals surface area contributed by atoms with Crippen LogP contribution in [0.2, 0.25) is 0 Å². The lowest BCUT2D eigenvalue weighted by atomic mass is 10.1. The third kappa shape index (κ3) is 3.92. The van der Waals surface area contributed by atoms with E-state index in [1.165, 1.54) is 12.1 Å². The Morgan fingerprint density at radius 2 is 1.77 bits per heavy atom. The Bertz CT molecular complexity index is 672. The van der Waals surface area contributed by atoms with E-state index in [0.717, 1.165) is 5.56 Å². The maximum atomic E-state index is 13.0. The molecule has 0 aliphatic heterocycles. The number of carbonyl (C=O) groups excluding carboxylic acids is 1. The normalized spacial score (nSPS) is 10.0. The minimum atomic E-state index is -0.315. The Morgan fingerprint density at radius 3 is 2.32 bits per heavy atom. The van der Waals surface area contributed by atoms with E-state index in [2.05, 4.69) is 6.07 Å². The minimum absolute atomic E-state index is 0.00142. The topological polar surface area (TPSA) is 44.1 Å². The lowest BCUT2D eigenvalue weighted by molar-refractivity contribution is -0.118. The molecule has 0 aromatic heterocycles. The molecule has 3 nitrogen and oxygen atoms in total. The van der Waals surface area contributed by atoms with Gasteiger partial charge in [-0.05, 0) is 55.3 Å². The van der Waals surface area contributed by atoms with E-state index in [1.54, 1.807) is 29.2 Å². The minimum Gasteiger partial charge on any atom is -0.313 e. The van der Waals surface area contributed by atoms with Gasteiger partial charge in [-0.1, -0.05) is 12.1 Å². The Labute approximate surface area is 129 Å². The summed E-state index contributed by atoms with van der Waals surface area (Å²) in [5, 5.41) is 8.76. The monoisotopic (exact) mass is 296 g/mol. The molecule has 0 heterocycles. The first-order chi connectivity index (χ1) is 10.6. The Hall–Kier alpha value is -2.67. The van der Waals surface area contributed by atoms with Crippen LogP contribution < -0.4 is 4.90 Å². The van der Waals surface area contributed by atoms with E-state index in [1.807, 2.05) is 19.1 Å². The third-order valence-corrected chi connectivity index (χ3v) is 3.47. The molecule has 0 spiro atoms. The highest BCUT2D eigenvalue weighted by Crippen LogP contribution is 2.16. The summed E-state index contributed by atoms with van der Waals surface area (Å²) in [6.45, 7) is 2.43. The van der Waals surface area contributed by atoms with Crippen LogP contribution in [0.15, 0.2) is 48.5 Å². The van der Waals surface area contributed by atoms with Gasteiger partial charge in [0.15, 0.2) is 0 Å². The standard InChI is InChI=1S/C18H17FN2O/c1-2-21(17-10-8-16(19)9-11-17)18(22)12-7-14-3-5-15(13-20)6-4-14/h3-6,8-11H,2,7,12H2,1H3. The summed E-state index contributed by atoms with van der Waals surface area (Å²) in [5.74, 6) is -0.316. The average molecular weight is 296 g/mol. The zero-order valence-electron chi connectivity index (χ0n) is 12.4. The van der Waals surface area contributed by atoms with Gasteiger partial charge in [0.1, 0.15) is 5.82 Å². The van der Waals surface area contributed by atoms with Gasteiger partial charge in [-0.2, -0.15) is 5.26 Å². The zero-order chi connectivity index (χ0) is 15.9. The molecule has 0 aliphatic carbocycles. The number of hydrogen-bond acceptors (Lipinski definition) is 2. The second kappa shape index (κ2) is 7.37. The van der Waals surface area contributed by atoms with E-state index in [0.29, 0.717) is 30.6 Å². The first-order valence-electron chi connectivity index (χ1n) is 7.19. The fraction of sp³-hybridized carbons (Fsp3) is 0.222. The SMILES string of the molecule is CCN(C(=O)CCc1ccc(C#N)cc1)c1ccc(F)cc1. The van der Waals surface area contributed by atoms with Crippen molar-refractivity contribution in [3.8, 4) is 6.07 Å². The summed E-state index contributed by atoms with van der Waals surface area (Å²) in [4.78, 5) is 14.0. The van der Waals surface area contributed by atoms with Crippen LogP contribution in [0.25, 0.3) is 0 Å². The summed E-state index contributed by atoms with van der Waals surface area (Å²) in [7, 11) is 0. The predicted molar refractivity (Wildman–Crippen MR) is 83.9 cm³/mol. The molecule has 4 heteroatoms. The number of amides is 1. The van der Waals surface area contributed by atoms with Crippen LogP contribution in [0.3, 0.4) is 0 Å². The molecule has 0 N–H and O–H groups in total. The van der Waals surface area contributed by atoms with Crippen LogP contribution >= 0.6 is 0 Å². The van der Waals surface area contributed by atoms with E-state index in [-0.39, 0.29) is 11.7 Å². The first kappa shape index (κ1) is 15.7. The lowest BCUT2D eigenvalue weighted by Crippen LogP contribution is -2.30. The number of rotatable bonds is 5. The van der Waals surface area contributed by atoms with Gasteiger partial charge in [-0.3, -0.25) is 4.79 Å². The molecule has 0 atom stereocenters. The fourth-order valence-corrected chi connectivity index (χ4v) is 2.26. The third-order valence-electron chi connectivity index (χ3n) is 3.47. The molecule has 0 saturated carbocycles. The molecule has 1 amide bonds. The quantitative estimate of drug-likeness (QED) is 0.844. The summed E-state index contributed by atoms with van der Waals surface area (Å²) in [6, 6.07) is 15.2. The molecule has 0 radical (unpaired) electrons. The van der Waals surface area contributed by atoms with Crippen molar-refractivity contribution in [1.29, 1.82) is 5.26 Å². The van der Waals surface area contributed by atoms with Crippen LogP contribution in [0.5, 0.6) is 0 Å². The van der Waals surface area contributed by atoms with Gasteiger partial charge in [0.2, 0.25) is 5.91 Å². The molecule has 22 heavy (non-hydrogen) atoms. The summed E-state index contributed by atoms with van der Waals surface area (Å²) in [5.41, 5.74) is 2.33. The highest BCUT2D eigenvalue weighted by atomic mass is 19.1. The molecular weight excluding hydrogens is 279 g/mol. The molecule has 0 fully saturated rings. The first-order valence-corrected chi connectivity index (χ1v) is 7.19. The molecule has 2 aromatic carbocycles. The Balaban J connectivity index is 2.00. The fourth-order valence-electron chi connectivity index (χ4n) is 2.26. The average Bonchev–Trinajstić information content (AvgIpc) is 2.56. The number of carbonyl (C=O) groups is 1. The number of halogens is 1. The van der Waals surface area contributed by atoms with E-state index in [9.17, 15) is 9.18 Å². The van der Waals surface area contributed by atoms with Crippen LogP contribution in [-0.2, 0) is 11.2 Å². The van der Waals surface area contributed by atoms with Gasteiger partial charge in [0.25, 0.3) is 0 Å². The van der Waals surface area contributed by atoms with Crippen LogP contribution in [0, 0.1) is 17.1 Å². The highest BCUT2D eigenvalue weighted by molar-refractivity contribution is 5.93. The molecular formula is C18H17FN2O. The second-order valence-corrected chi connectivity index (χ2v) is 4.92. The summed E-state index contributed by atoms with van der Waals surface area (Å²) < 4.78 is 13.0. The van der Waals surface area contributed by atoms with Crippen molar-refractivity contribution < 1.29 is 9.18 Å². The number of anilines is 1. The van der Waals surface area contributed by atoms with Crippen LogP contribution in [0.4, 0.5) is 10.1 Å². The maximum Gasteiger partial charge on any atom is 0.227 e. The van der Waals surface area contributed by atoms with E-state index in [4.69, 9.17) is 5.26 Å². The maximum absolute atomic E-state index is 13.0. The summed E-state index contributed by atoms with van der Waals surface area (Å²) >= 11 is 0. The molecule has 0 aliphatic rings. The van der Waals surface area contributed by atoms with Crippen LogP contribution in [0.1, 0.15) is 24.5 Å². The van der Waals surface area contributed by atoms with Crippen molar-refractivity contribution >= 4 is 11.6 Å². The number of benzene rings is 2. The Morgan fingerprint density at radius 1 is 1.14 bits per heavy atom. The van der Waals surface area contributed by atoms with Crippen molar-refractivity contribution in [2.75, 3.05) is 11.4 Å². The van der Waals surface area contributed by atoms with E-state index >= 15 is 0 Å². The van der Waals surface area contributed by atoms with Crippen molar-refractivity contribution in [2.45, 2.75) is 19.8 Å². The molecule has 0 bridgehead atoms. The molecule has 2 rings (SSSR count). The zero-order valence-corrected chi connectivity index (χ0v) is 12.4. The number of hydrogen-bond donors (Lipinski definition) is 0.